The number of carbonyl (C=O) groups excluding carboxylic acids is 1. The molecular formula is C20H15ClFNO4S. The van der Waals surface area contributed by atoms with Crippen LogP contribution in [0.2, 0.25) is 5.02 Å². The van der Waals surface area contributed by atoms with Crippen molar-refractivity contribution in [3.8, 4) is 5.75 Å². The Morgan fingerprint density at radius 1 is 1.00 bits per heavy atom. The van der Waals surface area contributed by atoms with Gasteiger partial charge in [0.15, 0.2) is 0 Å². The van der Waals surface area contributed by atoms with E-state index in [9.17, 15) is 17.6 Å². The minimum absolute atomic E-state index is 0.0596. The minimum Gasteiger partial charge on any atom is -0.423 e. The lowest BCUT2D eigenvalue weighted by molar-refractivity contribution is 0.0734. The molecule has 28 heavy (non-hydrogen) atoms. The van der Waals surface area contributed by atoms with Crippen LogP contribution < -0.4 is 9.04 Å². The van der Waals surface area contributed by atoms with Gasteiger partial charge in [-0.2, -0.15) is 0 Å². The zero-order valence-corrected chi connectivity index (χ0v) is 16.2. The van der Waals surface area contributed by atoms with Crippen molar-refractivity contribution in [3.05, 3.63) is 89.2 Å². The van der Waals surface area contributed by atoms with E-state index in [1.54, 1.807) is 30.3 Å². The molecule has 3 rings (SSSR count). The third kappa shape index (κ3) is 4.16. The molecule has 0 amide bonds. The Labute approximate surface area is 167 Å². The highest BCUT2D eigenvalue weighted by atomic mass is 35.5. The van der Waals surface area contributed by atoms with Gasteiger partial charge in [0.2, 0.25) is 0 Å². The summed E-state index contributed by atoms with van der Waals surface area (Å²) < 4.78 is 45.1. The van der Waals surface area contributed by atoms with Crippen molar-refractivity contribution in [3.63, 3.8) is 0 Å². The highest BCUT2D eigenvalue weighted by Crippen LogP contribution is 2.26. The summed E-state index contributed by atoms with van der Waals surface area (Å²) >= 11 is 6.07. The zero-order chi connectivity index (χ0) is 20.3. The maximum Gasteiger partial charge on any atom is 0.345 e. The summed E-state index contributed by atoms with van der Waals surface area (Å²) in [5, 5.41) is 0.0596. The molecule has 5 nitrogen and oxygen atoms in total. The first-order valence-electron chi connectivity index (χ1n) is 8.10. The van der Waals surface area contributed by atoms with Crippen molar-refractivity contribution in [2.24, 2.45) is 0 Å². The summed E-state index contributed by atoms with van der Waals surface area (Å²) in [6.45, 7) is 0. The van der Waals surface area contributed by atoms with Gasteiger partial charge < -0.3 is 4.74 Å². The van der Waals surface area contributed by atoms with Gasteiger partial charge in [0, 0.05) is 7.05 Å². The number of hydrogen-bond donors (Lipinski definition) is 0. The van der Waals surface area contributed by atoms with Crippen molar-refractivity contribution < 1.29 is 22.3 Å². The molecule has 8 heteroatoms. The second-order valence-electron chi connectivity index (χ2n) is 5.79. The molecular weight excluding hydrogens is 405 g/mol. The number of ether oxygens (including phenoxy) is 1. The Hall–Kier alpha value is -2.90. The third-order valence-corrected chi connectivity index (χ3v) is 6.07. The molecule has 0 atom stereocenters. The van der Waals surface area contributed by atoms with Gasteiger partial charge in [0.05, 0.1) is 21.2 Å². The summed E-state index contributed by atoms with van der Waals surface area (Å²) in [5.74, 6) is -0.954. The monoisotopic (exact) mass is 419 g/mol. The Morgan fingerprint density at radius 3 is 2.29 bits per heavy atom. The molecule has 0 spiro atoms. The number of esters is 1. The van der Waals surface area contributed by atoms with Crippen LogP contribution >= 0.6 is 11.6 Å². The number of carbonyl (C=O) groups is 1. The standard InChI is InChI=1S/C20H15ClFNO4S/c1-23(15-9-7-14(22)8-10-15)28(25,26)17-11-12-19(21)18(13-17)20(24)27-16-5-3-2-4-6-16/h2-13H,1H3. The van der Waals surface area contributed by atoms with E-state index < -0.39 is 21.8 Å². The zero-order valence-electron chi connectivity index (χ0n) is 14.7. The van der Waals surface area contributed by atoms with Crippen LogP contribution in [0, 0.1) is 5.82 Å². The topological polar surface area (TPSA) is 63.7 Å². The number of anilines is 1. The third-order valence-electron chi connectivity index (χ3n) is 3.96. The van der Waals surface area contributed by atoms with Crippen LogP contribution in [-0.2, 0) is 10.0 Å². The normalized spacial score (nSPS) is 11.1. The van der Waals surface area contributed by atoms with Crippen LogP contribution in [0.1, 0.15) is 10.4 Å². The molecule has 0 aliphatic carbocycles. The van der Waals surface area contributed by atoms with E-state index in [0.717, 1.165) is 22.5 Å². The van der Waals surface area contributed by atoms with Crippen LogP contribution in [-0.4, -0.2) is 21.4 Å². The fourth-order valence-electron chi connectivity index (χ4n) is 2.42. The van der Waals surface area contributed by atoms with E-state index in [1.807, 2.05) is 0 Å². The SMILES string of the molecule is CN(c1ccc(F)cc1)S(=O)(=O)c1ccc(Cl)c(C(=O)Oc2ccccc2)c1. The predicted octanol–water partition coefficient (Wildman–Crippen LogP) is 4.52. The van der Waals surface area contributed by atoms with Gasteiger partial charge >= 0.3 is 5.97 Å². The van der Waals surface area contributed by atoms with Crippen molar-refractivity contribution in [2.45, 2.75) is 4.90 Å². The van der Waals surface area contributed by atoms with Gasteiger partial charge in [-0.05, 0) is 54.6 Å². The summed E-state index contributed by atoms with van der Waals surface area (Å²) in [5.41, 5.74) is 0.184. The molecule has 0 N–H and O–H groups in total. The Morgan fingerprint density at radius 2 is 1.64 bits per heavy atom. The number of nitrogens with zero attached hydrogens (tertiary/aromatic N) is 1. The first kappa shape index (κ1) is 19.9. The molecule has 0 aliphatic heterocycles. The molecule has 0 bridgehead atoms. The second-order valence-corrected chi connectivity index (χ2v) is 8.17. The minimum atomic E-state index is -4.01. The van der Waals surface area contributed by atoms with Gasteiger partial charge in [-0.3, -0.25) is 4.31 Å². The molecule has 0 saturated heterocycles. The summed E-state index contributed by atoms with van der Waals surface area (Å²) in [6.07, 6.45) is 0. The first-order chi connectivity index (χ1) is 13.3. The van der Waals surface area contributed by atoms with E-state index in [2.05, 4.69) is 0 Å². The summed E-state index contributed by atoms with van der Waals surface area (Å²) in [6, 6.07) is 17.1. The summed E-state index contributed by atoms with van der Waals surface area (Å²) in [7, 11) is -2.67. The predicted molar refractivity (Wildman–Crippen MR) is 105 cm³/mol. The second kappa shape index (κ2) is 8.00. The Bertz CT molecular complexity index is 1100. The quantitative estimate of drug-likeness (QED) is 0.450. The molecule has 0 radical (unpaired) electrons. The fourth-order valence-corrected chi connectivity index (χ4v) is 3.84. The molecule has 3 aromatic rings. The maximum absolute atomic E-state index is 13.1. The van der Waals surface area contributed by atoms with E-state index >= 15 is 0 Å². The number of benzene rings is 3. The Balaban J connectivity index is 1.93. The smallest absolute Gasteiger partial charge is 0.345 e. The number of hydrogen-bond acceptors (Lipinski definition) is 4. The fraction of sp³-hybridized carbons (Fsp3) is 0.0500. The summed E-state index contributed by atoms with van der Waals surface area (Å²) in [4.78, 5) is 12.3. The lowest BCUT2D eigenvalue weighted by atomic mass is 10.2. The van der Waals surface area contributed by atoms with Gasteiger partial charge in [-0.15, -0.1) is 0 Å². The molecule has 144 valence electrons. The van der Waals surface area contributed by atoms with Crippen molar-refractivity contribution in [1.82, 2.24) is 0 Å². The van der Waals surface area contributed by atoms with Gasteiger partial charge in [-0.25, -0.2) is 17.6 Å². The number of para-hydroxylation sites is 1. The van der Waals surface area contributed by atoms with Crippen molar-refractivity contribution >= 4 is 33.3 Å². The number of rotatable bonds is 5. The maximum atomic E-state index is 13.1. The number of halogens is 2. The van der Waals surface area contributed by atoms with Gasteiger partial charge in [0.1, 0.15) is 11.6 Å². The van der Waals surface area contributed by atoms with Crippen LogP contribution in [0.5, 0.6) is 5.75 Å². The van der Waals surface area contributed by atoms with Crippen molar-refractivity contribution in [2.75, 3.05) is 11.4 Å². The highest BCUT2D eigenvalue weighted by molar-refractivity contribution is 7.92. The number of sulfonamides is 1. The average molecular weight is 420 g/mol. The van der Waals surface area contributed by atoms with E-state index in [0.29, 0.717) is 5.75 Å². The molecule has 0 aliphatic rings. The van der Waals surface area contributed by atoms with Crippen LogP contribution in [0.3, 0.4) is 0 Å². The van der Waals surface area contributed by atoms with E-state index in [1.165, 1.54) is 31.3 Å². The molecule has 0 heterocycles. The lowest BCUT2D eigenvalue weighted by Crippen LogP contribution is -2.26. The van der Waals surface area contributed by atoms with Crippen LogP contribution in [0.15, 0.2) is 77.7 Å². The van der Waals surface area contributed by atoms with E-state index in [4.69, 9.17) is 16.3 Å². The molecule has 0 fully saturated rings. The van der Waals surface area contributed by atoms with Crippen LogP contribution in [0.25, 0.3) is 0 Å². The van der Waals surface area contributed by atoms with Gasteiger partial charge in [0.25, 0.3) is 10.0 Å². The van der Waals surface area contributed by atoms with Gasteiger partial charge in [-0.1, -0.05) is 29.8 Å². The molecule has 3 aromatic carbocycles. The lowest BCUT2D eigenvalue weighted by Gasteiger charge is -2.20. The van der Waals surface area contributed by atoms with E-state index in [-0.39, 0.29) is 21.2 Å². The highest BCUT2D eigenvalue weighted by Gasteiger charge is 2.24. The molecule has 0 unspecified atom stereocenters. The first-order valence-corrected chi connectivity index (χ1v) is 9.92. The average Bonchev–Trinajstić information content (AvgIpc) is 2.69. The molecule has 0 aromatic heterocycles. The van der Waals surface area contributed by atoms with Crippen LogP contribution in [0.4, 0.5) is 10.1 Å². The van der Waals surface area contributed by atoms with Crippen molar-refractivity contribution in [1.29, 1.82) is 0 Å². The molecule has 0 saturated carbocycles. The largest absolute Gasteiger partial charge is 0.423 e. The Kier molecular flexibility index (Phi) is 5.67.